The zero-order chi connectivity index (χ0) is 19.6. The number of hydrogen-bond donors (Lipinski definition) is 5. The number of allylic oxidation sites excluding steroid dienone is 4. The molecular weight excluding hydrogens is 354 g/mol. The van der Waals surface area contributed by atoms with Gasteiger partial charge in [0, 0.05) is 29.6 Å². The summed E-state index contributed by atoms with van der Waals surface area (Å²) in [5, 5.41) is 24.4. The van der Waals surface area contributed by atoms with Gasteiger partial charge in [-0.05, 0) is 43.7 Å². The summed E-state index contributed by atoms with van der Waals surface area (Å²) < 4.78 is 28.1. The molecule has 0 radical (unpaired) electrons. The molecule has 2 aliphatic rings. The quantitative estimate of drug-likeness (QED) is 0.555. The average molecular weight is 374 g/mol. The van der Waals surface area contributed by atoms with Gasteiger partial charge in [0.1, 0.15) is 17.2 Å². The predicted molar refractivity (Wildman–Crippen MR) is 98.3 cm³/mol. The van der Waals surface area contributed by atoms with Crippen LogP contribution < -0.4 is 16.4 Å². The molecule has 1 aromatic rings. The summed E-state index contributed by atoms with van der Waals surface area (Å²) in [5.74, 6) is -2.18. The van der Waals surface area contributed by atoms with E-state index in [0.717, 1.165) is 25.1 Å². The molecule has 0 spiro atoms. The lowest BCUT2D eigenvalue weighted by atomic mass is 9.86. The Labute approximate surface area is 155 Å². The minimum atomic E-state index is -1.25. The SMILES string of the molecule is N=C1C(C(N)=O)=CC(F)=C/C1=C/Nc1ccc(C2(O)CCCNC2)c(F)c1. The topological polar surface area (TPSA) is 111 Å². The van der Waals surface area contributed by atoms with Crippen molar-refractivity contribution < 1.29 is 18.7 Å². The fourth-order valence-corrected chi connectivity index (χ4v) is 3.20. The highest BCUT2D eigenvalue weighted by Gasteiger charge is 2.33. The number of halogens is 2. The molecule has 0 aromatic heterocycles. The van der Waals surface area contributed by atoms with Crippen molar-refractivity contribution in [1.82, 2.24) is 5.32 Å². The maximum Gasteiger partial charge on any atom is 0.250 e. The van der Waals surface area contributed by atoms with Crippen molar-refractivity contribution in [1.29, 1.82) is 5.41 Å². The third kappa shape index (κ3) is 3.96. The van der Waals surface area contributed by atoms with Gasteiger partial charge < -0.3 is 21.5 Å². The Morgan fingerprint density at radius 3 is 2.78 bits per heavy atom. The standard InChI is InChI=1S/C19H20F2N4O2/c20-12-6-11(17(22)14(7-12)18(23)26)9-25-13-2-3-15(16(21)8-13)19(27)4-1-5-24-10-19/h2-3,6-9,22,24-25,27H,1,4-5,10H2,(H2,23,26)/b11-9-,22-17?. The Kier molecular flexibility index (Phi) is 5.20. The first-order valence-corrected chi connectivity index (χ1v) is 8.48. The summed E-state index contributed by atoms with van der Waals surface area (Å²) in [4.78, 5) is 11.3. The van der Waals surface area contributed by atoms with Crippen LogP contribution in [-0.4, -0.2) is 29.8 Å². The summed E-state index contributed by atoms with van der Waals surface area (Å²) in [6, 6.07) is 4.30. The van der Waals surface area contributed by atoms with Crippen LogP contribution in [-0.2, 0) is 10.4 Å². The van der Waals surface area contributed by atoms with Crippen molar-refractivity contribution in [2.45, 2.75) is 18.4 Å². The van der Waals surface area contributed by atoms with Crippen LogP contribution in [0.15, 0.2) is 53.5 Å². The summed E-state index contributed by atoms with van der Waals surface area (Å²) >= 11 is 0. The number of nitrogens with two attached hydrogens (primary N) is 1. The highest BCUT2D eigenvalue weighted by Crippen LogP contribution is 2.31. The maximum absolute atomic E-state index is 14.5. The molecule has 1 fully saturated rings. The lowest BCUT2D eigenvalue weighted by Crippen LogP contribution is -2.43. The van der Waals surface area contributed by atoms with Crippen LogP contribution >= 0.6 is 0 Å². The lowest BCUT2D eigenvalue weighted by Gasteiger charge is -2.33. The van der Waals surface area contributed by atoms with Gasteiger partial charge in [-0.3, -0.25) is 10.2 Å². The molecule has 3 rings (SSSR count). The Hall–Kier alpha value is -2.84. The Morgan fingerprint density at radius 2 is 2.15 bits per heavy atom. The highest BCUT2D eigenvalue weighted by molar-refractivity contribution is 6.28. The minimum Gasteiger partial charge on any atom is -0.384 e. The number of carbonyl (C=O) groups is 1. The predicted octanol–water partition coefficient (Wildman–Crippen LogP) is 1.99. The number of amides is 1. The first-order chi connectivity index (χ1) is 12.8. The van der Waals surface area contributed by atoms with Crippen LogP contribution in [0.3, 0.4) is 0 Å². The number of piperidine rings is 1. The van der Waals surface area contributed by atoms with Crippen molar-refractivity contribution in [2.24, 2.45) is 5.73 Å². The second-order valence-corrected chi connectivity index (χ2v) is 6.58. The first kappa shape index (κ1) is 18.9. The van der Waals surface area contributed by atoms with Crippen LogP contribution in [0.2, 0.25) is 0 Å². The van der Waals surface area contributed by atoms with E-state index in [1.54, 1.807) is 6.07 Å². The first-order valence-electron chi connectivity index (χ1n) is 8.48. The molecule has 1 aliphatic carbocycles. The number of anilines is 1. The zero-order valence-electron chi connectivity index (χ0n) is 14.5. The molecule has 1 unspecified atom stereocenters. The van der Waals surface area contributed by atoms with Gasteiger partial charge in [0.05, 0.1) is 11.3 Å². The van der Waals surface area contributed by atoms with E-state index in [-0.39, 0.29) is 29.0 Å². The second kappa shape index (κ2) is 7.42. The third-order valence-electron chi connectivity index (χ3n) is 4.63. The third-order valence-corrected chi connectivity index (χ3v) is 4.63. The van der Waals surface area contributed by atoms with Gasteiger partial charge in [0.25, 0.3) is 5.91 Å². The van der Waals surface area contributed by atoms with Gasteiger partial charge in [-0.15, -0.1) is 0 Å². The van der Waals surface area contributed by atoms with Crippen LogP contribution in [0.5, 0.6) is 0 Å². The van der Waals surface area contributed by atoms with Gasteiger partial charge in [-0.2, -0.15) is 0 Å². The molecule has 1 amide bonds. The van der Waals surface area contributed by atoms with Crippen LogP contribution in [0, 0.1) is 11.2 Å². The monoisotopic (exact) mass is 374 g/mol. The van der Waals surface area contributed by atoms with Crippen LogP contribution in [0.25, 0.3) is 0 Å². The van der Waals surface area contributed by atoms with E-state index in [1.807, 2.05) is 0 Å². The molecule has 142 valence electrons. The van der Waals surface area contributed by atoms with Gasteiger partial charge in [0.15, 0.2) is 0 Å². The van der Waals surface area contributed by atoms with Crippen molar-refractivity contribution in [3.05, 3.63) is 64.9 Å². The number of hydrogen-bond acceptors (Lipinski definition) is 5. The lowest BCUT2D eigenvalue weighted by molar-refractivity contribution is -0.114. The molecule has 8 heteroatoms. The summed E-state index contributed by atoms with van der Waals surface area (Å²) in [5.41, 5.74) is 4.09. The van der Waals surface area contributed by atoms with Crippen molar-refractivity contribution in [2.75, 3.05) is 18.4 Å². The number of carbonyl (C=O) groups excluding carboxylic acids is 1. The maximum atomic E-state index is 14.5. The molecule has 27 heavy (non-hydrogen) atoms. The highest BCUT2D eigenvalue weighted by atomic mass is 19.1. The average Bonchev–Trinajstić information content (AvgIpc) is 2.62. The van der Waals surface area contributed by atoms with E-state index < -0.39 is 23.2 Å². The molecule has 0 saturated carbocycles. The fraction of sp³-hybridized carbons (Fsp3) is 0.263. The van der Waals surface area contributed by atoms with Crippen LogP contribution in [0.4, 0.5) is 14.5 Å². The number of benzene rings is 1. The van der Waals surface area contributed by atoms with Gasteiger partial charge >= 0.3 is 0 Å². The van der Waals surface area contributed by atoms with E-state index in [4.69, 9.17) is 11.1 Å². The van der Waals surface area contributed by atoms with E-state index in [2.05, 4.69) is 10.6 Å². The van der Waals surface area contributed by atoms with E-state index in [0.29, 0.717) is 12.1 Å². The normalized spacial score (nSPS) is 24.4. The largest absolute Gasteiger partial charge is 0.384 e. The van der Waals surface area contributed by atoms with Gasteiger partial charge in [-0.1, -0.05) is 6.07 Å². The minimum absolute atomic E-state index is 0.100. The smallest absolute Gasteiger partial charge is 0.250 e. The Bertz CT molecular complexity index is 884. The molecule has 1 saturated heterocycles. The number of primary amides is 1. The molecule has 1 heterocycles. The molecule has 1 aliphatic heterocycles. The fourth-order valence-electron chi connectivity index (χ4n) is 3.20. The number of β-amino-alcohol motifs (C(OH)–C–C–N with tert-alkyl or cyclic N) is 1. The van der Waals surface area contributed by atoms with Gasteiger partial charge in [0.2, 0.25) is 0 Å². The molecular formula is C19H20F2N4O2. The van der Waals surface area contributed by atoms with Crippen molar-refractivity contribution in [3.8, 4) is 0 Å². The van der Waals surface area contributed by atoms with Crippen molar-refractivity contribution in [3.63, 3.8) is 0 Å². The summed E-state index contributed by atoms with van der Waals surface area (Å²) in [7, 11) is 0. The molecule has 0 bridgehead atoms. The summed E-state index contributed by atoms with van der Waals surface area (Å²) in [6.45, 7) is 1.07. The second-order valence-electron chi connectivity index (χ2n) is 6.58. The Balaban J connectivity index is 1.80. The Morgan fingerprint density at radius 1 is 1.37 bits per heavy atom. The zero-order valence-corrected chi connectivity index (χ0v) is 14.5. The number of nitrogens with one attached hydrogen (secondary N) is 3. The molecule has 6 nitrogen and oxygen atoms in total. The summed E-state index contributed by atoms with van der Waals surface area (Å²) in [6.07, 6.45) is 4.48. The van der Waals surface area contributed by atoms with E-state index in [9.17, 15) is 18.7 Å². The molecule has 1 aromatic carbocycles. The molecule has 6 N–H and O–H groups in total. The number of aliphatic hydroxyl groups is 1. The van der Waals surface area contributed by atoms with Crippen LogP contribution in [0.1, 0.15) is 18.4 Å². The van der Waals surface area contributed by atoms with E-state index >= 15 is 0 Å². The number of rotatable bonds is 4. The van der Waals surface area contributed by atoms with Crippen molar-refractivity contribution >= 4 is 17.3 Å². The van der Waals surface area contributed by atoms with Gasteiger partial charge in [-0.25, -0.2) is 8.78 Å². The van der Waals surface area contributed by atoms with E-state index in [1.165, 1.54) is 18.3 Å². The molecule has 1 atom stereocenters.